The maximum absolute atomic E-state index is 9.36. The standard InChI is InChI=1S/C25H19N5OS/c1-30(2)23-19-12-8-7-11-18(19)20(24(29-23)31-3)13-21-22(16-9-5-4-6-10-16)28-25(32-21)17(14-26)15-27/h4-13H,1-3H3. The molecule has 2 heterocycles. The summed E-state index contributed by atoms with van der Waals surface area (Å²) in [7, 11) is 5.49. The van der Waals surface area contributed by atoms with Gasteiger partial charge in [-0.1, -0.05) is 54.6 Å². The van der Waals surface area contributed by atoms with Crippen LogP contribution < -0.4 is 18.8 Å². The maximum atomic E-state index is 9.36. The SMILES string of the molecule is COc1nc(N(C)C)c2ccccc2c1C=c1sc(=C(C#N)C#N)nc1-c1ccccc1. The van der Waals surface area contributed by atoms with E-state index in [9.17, 15) is 10.5 Å². The summed E-state index contributed by atoms with van der Waals surface area (Å²) >= 11 is 1.30. The van der Waals surface area contributed by atoms with Crippen LogP contribution in [-0.4, -0.2) is 31.2 Å². The molecule has 0 saturated carbocycles. The van der Waals surface area contributed by atoms with Gasteiger partial charge in [-0.05, 0) is 11.5 Å². The van der Waals surface area contributed by atoms with Crippen LogP contribution in [0.2, 0.25) is 0 Å². The minimum absolute atomic E-state index is 0.00950. The van der Waals surface area contributed by atoms with Gasteiger partial charge in [0, 0.05) is 30.6 Å². The fraction of sp³-hybridized carbons (Fsp3) is 0.120. The van der Waals surface area contributed by atoms with Gasteiger partial charge >= 0.3 is 0 Å². The molecule has 4 rings (SSSR count). The Bertz CT molecular complexity index is 1490. The molecule has 0 N–H and O–H groups in total. The van der Waals surface area contributed by atoms with Crippen molar-refractivity contribution in [1.29, 1.82) is 10.5 Å². The smallest absolute Gasteiger partial charge is 0.223 e. The topological polar surface area (TPSA) is 85.8 Å². The molecule has 6 nitrogen and oxygen atoms in total. The van der Waals surface area contributed by atoms with Gasteiger partial charge in [0.2, 0.25) is 5.88 Å². The molecule has 0 spiro atoms. The summed E-state index contributed by atoms with van der Waals surface area (Å²) < 4.78 is 6.87. The zero-order valence-corrected chi connectivity index (χ0v) is 18.6. The predicted octanol–water partition coefficient (Wildman–Crippen LogP) is 3.46. The summed E-state index contributed by atoms with van der Waals surface area (Å²) in [6.45, 7) is 0. The van der Waals surface area contributed by atoms with Gasteiger partial charge in [-0.2, -0.15) is 15.5 Å². The van der Waals surface area contributed by atoms with Crippen molar-refractivity contribution in [2.75, 3.05) is 26.1 Å². The van der Waals surface area contributed by atoms with E-state index >= 15 is 0 Å². The number of methoxy groups -OCH3 is 1. The first-order valence-corrected chi connectivity index (χ1v) is 10.6. The molecule has 0 unspecified atom stereocenters. The Labute approximate surface area is 189 Å². The second-order valence-corrected chi connectivity index (χ2v) is 8.17. The van der Waals surface area contributed by atoms with Crippen molar-refractivity contribution in [2.45, 2.75) is 0 Å². The number of aromatic nitrogens is 2. The lowest BCUT2D eigenvalue weighted by atomic mass is 10.0. The second kappa shape index (κ2) is 8.89. The molecule has 2 aromatic carbocycles. The third-order valence-corrected chi connectivity index (χ3v) is 5.95. The van der Waals surface area contributed by atoms with E-state index in [-0.39, 0.29) is 5.57 Å². The summed E-state index contributed by atoms with van der Waals surface area (Å²) in [6, 6.07) is 21.6. The Morgan fingerprint density at radius 2 is 1.62 bits per heavy atom. The second-order valence-electron chi connectivity index (χ2n) is 7.14. The lowest BCUT2D eigenvalue weighted by Crippen LogP contribution is -2.12. The fourth-order valence-corrected chi connectivity index (χ4v) is 4.45. The van der Waals surface area contributed by atoms with Gasteiger partial charge in [-0.15, -0.1) is 11.3 Å². The molecule has 2 aromatic heterocycles. The third kappa shape index (κ3) is 3.78. The molecule has 0 amide bonds. The Hall–Kier alpha value is -4.20. The number of ether oxygens (including phenoxy) is 1. The molecule has 0 saturated heterocycles. The quantitative estimate of drug-likeness (QED) is 0.486. The van der Waals surface area contributed by atoms with Crippen molar-refractivity contribution in [3.8, 4) is 29.3 Å². The van der Waals surface area contributed by atoms with Crippen LogP contribution in [-0.2, 0) is 0 Å². The third-order valence-electron chi connectivity index (χ3n) is 4.93. The molecular weight excluding hydrogens is 418 g/mol. The minimum Gasteiger partial charge on any atom is -0.480 e. The van der Waals surface area contributed by atoms with E-state index < -0.39 is 0 Å². The fourth-order valence-electron chi connectivity index (χ4n) is 3.47. The number of fused-ring (bicyclic) bond motifs is 1. The van der Waals surface area contributed by atoms with Crippen LogP contribution in [0.15, 0.2) is 54.6 Å². The van der Waals surface area contributed by atoms with Crippen molar-refractivity contribution >= 4 is 39.6 Å². The maximum Gasteiger partial charge on any atom is 0.223 e. The molecule has 0 radical (unpaired) electrons. The molecule has 0 bridgehead atoms. The van der Waals surface area contributed by atoms with Gasteiger partial charge in [0.25, 0.3) is 0 Å². The van der Waals surface area contributed by atoms with Crippen LogP contribution in [0.5, 0.6) is 5.88 Å². The Kier molecular flexibility index (Phi) is 5.85. The number of nitriles is 2. The summed E-state index contributed by atoms with van der Waals surface area (Å²) in [5, 5.41) is 20.7. The lowest BCUT2D eigenvalue weighted by molar-refractivity contribution is 0.398. The highest BCUT2D eigenvalue weighted by atomic mass is 32.1. The van der Waals surface area contributed by atoms with Gasteiger partial charge in [-0.3, -0.25) is 0 Å². The predicted molar refractivity (Wildman–Crippen MR) is 128 cm³/mol. The highest BCUT2D eigenvalue weighted by Crippen LogP contribution is 2.33. The van der Waals surface area contributed by atoms with E-state index in [4.69, 9.17) is 9.72 Å². The number of pyridine rings is 1. The number of nitrogens with zero attached hydrogens (tertiary/aromatic N) is 5. The summed E-state index contributed by atoms with van der Waals surface area (Å²) in [5.74, 6) is 1.30. The molecule has 0 aliphatic heterocycles. The lowest BCUT2D eigenvalue weighted by Gasteiger charge is -2.17. The first-order chi connectivity index (χ1) is 15.6. The van der Waals surface area contributed by atoms with Crippen molar-refractivity contribution in [3.63, 3.8) is 0 Å². The largest absolute Gasteiger partial charge is 0.480 e. The van der Waals surface area contributed by atoms with Crippen molar-refractivity contribution in [1.82, 2.24) is 9.97 Å². The Morgan fingerprint density at radius 3 is 2.25 bits per heavy atom. The summed E-state index contributed by atoms with van der Waals surface area (Å²) in [6.07, 6.45) is 1.98. The van der Waals surface area contributed by atoms with Crippen LogP contribution >= 0.6 is 11.3 Å². The Balaban J connectivity index is 2.12. The average molecular weight is 438 g/mol. The van der Waals surface area contributed by atoms with Gasteiger partial charge in [0.15, 0.2) is 5.57 Å². The molecule has 0 atom stereocenters. The van der Waals surface area contributed by atoms with E-state index in [1.807, 2.05) is 91.8 Å². The van der Waals surface area contributed by atoms with Crippen LogP contribution in [0.3, 0.4) is 0 Å². The summed E-state index contributed by atoms with van der Waals surface area (Å²) in [5.41, 5.74) is 2.41. The van der Waals surface area contributed by atoms with E-state index in [1.54, 1.807) is 7.11 Å². The highest BCUT2D eigenvalue weighted by Gasteiger charge is 2.16. The normalized spacial score (nSPS) is 11.1. The molecule has 156 valence electrons. The molecule has 0 fully saturated rings. The number of hydrogen-bond donors (Lipinski definition) is 0. The van der Waals surface area contributed by atoms with Gasteiger partial charge in [0.1, 0.15) is 22.6 Å². The number of benzene rings is 2. The van der Waals surface area contributed by atoms with Crippen LogP contribution in [0.4, 0.5) is 5.82 Å². The minimum atomic E-state index is -0.00950. The van der Waals surface area contributed by atoms with Crippen molar-refractivity contribution in [3.05, 3.63) is 69.4 Å². The van der Waals surface area contributed by atoms with Crippen LogP contribution in [0.1, 0.15) is 5.56 Å². The molecule has 32 heavy (non-hydrogen) atoms. The highest BCUT2D eigenvalue weighted by molar-refractivity contribution is 7.08. The Morgan fingerprint density at radius 1 is 0.969 bits per heavy atom. The number of anilines is 1. The van der Waals surface area contributed by atoms with Crippen molar-refractivity contribution in [2.24, 2.45) is 0 Å². The molecule has 0 aliphatic carbocycles. The zero-order chi connectivity index (χ0) is 22.7. The van der Waals surface area contributed by atoms with Crippen LogP contribution in [0.25, 0.3) is 33.7 Å². The molecular formula is C25H19N5OS. The summed E-state index contributed by atoms with van der Waals surface area (Å²) in [4.78, 5) is 11.3. The van der Waals surface area contributed by atoms with Crippen molar-refractivity contribution < 1.29 is 4.74 Å². The van der Waals surface area contributed by atoms with Gasteiger partial charge < -0.3 is 9.64 Å². The number of rotatable bonds is 4. The van der Waals surface area contributed by atoms with E-state index in [2.05, 4.69) is 4.98 Å². The monoisotopic (exact) mass is 437 g/mol. The number of hydrogen-bond acceptors (Lipinski definition) is 7. The average Bonchev–Trinajstić information content (AvgIpc) is 3.24. The van der Waals surface area contributed by atoms with Gasteiger partial charge in [0.05, 0.1) is 17.3 Å². The van der Waals surface area contributed by atoms with E-state index in [0.29, 0.717) is 16.2 Å². The zero-order valence-electron chi connectivity index (χ0n) is 17.8. The van der Waals surface area contributed by atoms with E-state index in [0.717, 1.165) is 32.2 Å². The molecule has 4 aromatic rings. The molecule has 0 aliphatic rings. The van der Waals surface area contributed by atoms with E-state index in [1.165, 1.54) is 11.3 Å². The van der Waals surface area contributed by atoms with Gasteiger partial charge in [-0.25, -0.2) is 4.98 Å². The molecule has 7 heteroatoms. The number of thiazole rings is 1. The first-order valence-electron chi connectivity index (χ1n) is 9.80. The first kappa shape index (κ1) is 21.0. The van der Waals surface area contributed by atoms with Crippen LogP contribution in [0, 0.1) is 22.7 Å².